The summed E-state index contributed by atoms with van der Waals surface area (Å²) in [5.74, 6) is 0. The summed E-state index contributed by atoms with van der Waals surface area (Å²) >= 11 is 7.31. The van der Waals surface area contributed by atoms with Gasteiger partial charge in [-0.25, -0.2) is 18.3 Å². The molecular formula is C59H31B2N5Pt2S4-6. The van der Waals surface area contributed by atoms with Crippen molar-refractivity contribution in [1.82, 2.24) is 24.1 Å². The van der Waals surface area contributed by atoms with Crippen molar-refractivity contribution in [3.63, 3.8) is 0 Å². The standard InChI is InChI=1S/C59H31B2N5S4.2Pt/c1-64-33-40(38-18-22-50-45(26-38)60-47-29-43(65-34-41(31-62-65)36-10-4-2-5-11-36)20-24-52(47)69-56-16-8-14-54(67-50)58(56)60)28-49(64)39-19-23-51-46(27-39)61-48-30-44(66-35-42(32-63-66)37-12-6-3-7-13-37)21-25-53(48)70-57-17-9-15-55(68-51)59(57)61;;/h2-25,31-32,34-35H,1H3;;/q-6;;. The SMILES string of the molecule is Cn1[c-]c(-c2[c-]c3c(cc2)Sc2cccc4c2B3c2[c-]c(-n3cc(-c5ccccc5)cn3)ccc2S4)[c-]c1-c1[c-]c2c(cc1)Sc1cccc3c1B2c1[c-]c(-n2cc(-c4ccccc4)cn2)ccc1S3.[Pt].[Pt]. The number of fused-ring (bicyclic) bond motifs is 8. The molecule has 4 aliphatic heterocycles. The second kappa shape index (κ2) is 18.4. The van der Waals surface area contributed by atoms with Crippen LogP contribution in [0.25, 0.3) is 56.0 Å². The minimum absolute atomic E-state index is 0. The zero-order valence-corrected chi connectivity index (χ0v) is 45.6. The van der Waals surface area contributed by atoms with Crippen LogP contribution in [-0.4, -0.2) is 37.6 Å². The van der Waals surface area contributed by atoms with Crippen LogP contribution in [0.3, 0.4) is 0 Å². The Hall–Kier alpha value is -5.63. The van der Waals surface area contributed by atoms with Crippen molar-refractivity contribution in [3.8, 4) is 56.0 Å². The molecule has 0 spiro atoms. The van der Waals surface area contributed by atoms with E-state index in [2.05, 4.69) is 194 Å². The maximum Gasteiger partial charge on any atom is 0.202 e. The molecule has 0 fully saturated rings. The molecule has 0 N–H and O–H groups in total. The molecular weight excluding hydrogens is 1320 g/mol. The number of aromatic nitrogens is 5. The number of benzene rings is 8. The van der Waals surface area contributed by atoms with Gasteiger partial charge in [-0.1, -0.05) is 82.6 Å². The van der Waals surface area contributed by atoms with Crippen LogP contribution < -0.4 is 32.8 Å². The Kier molecular flexibility index (Phi) is 11.8. The molecule has 5 nitrogen and oxygen atoms in total. The van der Waals surface area contributed by atoms with Crippen molar-refractivity contribution in [2.24, 2.45) is 7.05 Å². The Morgan fingerprint density at radius 3 is 1.29 bits per heavy atom. The largest absolute Gasteiger partial charge is 0.504 e. The third-order valence-electron chi connectivity index (χ3n) is 13.6. The Morgan fingerprint density at radius 2 is 0.819 bits per heavy atom. The topological polar surface area (TPSA) is 40.6 Å². The number of rotatable bonds is 6. The number of hydrogen-bond acceptors (Lipinski definition) is 6. The van der Waals surface area contributed by atoms with E-state index in [1.807, 2.05) is 80.9 Å². The molecule has 0 saturated heterocycles. The predicted molar refractivity (Wildman–Crippen MR) is 286 cm³/mol. The van der Waals surface area contributed by atoms with Gasteiger partial charge in [0.05, 0.1) is 12.4 Å². The summed E-state index contributed by atoms with van der Waals surface area (Å²) in [6.45, 7) is -0.0861. The average molecular weight is 1350 g/mol. The van der Waals surface area contributed by atoms with E-state index in [0.29, 0.717) is 0 Å². The van der Waals surface area contributed by atoms with Crippen LogP contribution >= 0.6 is 47.0 Å². The minimum atomic E-state index is -0.0433. The monoisotopic (exact) mass is 1350 g/mol. The number of nitrogens with zero attached hydrogens (tertiary/aromatic N) is 5. The van der Waals surface area contributed by atoms with Gasteiger partial charge in [0.1, 0.15) is 0 Å². The average Bonchev–Trinajstić information content (AvgIpc) is 4.20. The molecule has 3 aromatic heterocycles. The molecule has 15 rings (SSSR count). The van der Waals surface area contributed by atoms with E-state index in [-0.39, 0.29) is 55.6 Å². The van der Waals surface area contributed by atoms with Gasteiger partial charge in [-0.2, -0.15) is 80.1 Å². The summed E-state index contributed by atoms with van der Waals surface area (Å²) in [5.41, 5.74) is 17.2. The van der Waals surface area contributed by atoms with Gasteiger partial charge in [0.25, 0.3) is 0 Å². The summed E-state index contributed by atoms with van der Waals surface area (Å²) in [6.07, 6.45) is 11.7. The molecule has 0 amide bonds. The Bertz CT molecular complexity index is 3940. The van der Waals surface area contributed by atoms with E-state index in [1.165, 1.54) is 50.1 Å². The molecule has 11 aromatic rings. The van der Waals surface area contributed by atoms with Crippen molar-refractivity contribution < 1.29 is 42.1 Å². The van der Waals surface area contributed by atoms with Gasteiger partial charge < -0.3 is 21.8 Å². The first-order valence-corrected chi connectivity index (χ1v) is 26.3. The molecule has 4 aliphatic rings. The van der Waals surface area contributed by atoms with Crippen LogP contribution in [0.4, 0.5) is 0 Å². The quantitative estimate of drug-likeness (QED) is 0.122. The summed E-state index contributed by atoms with van der Waals surface area (Å²) in [5, 5.41) is 9.61. The first kappa shape index (κ1) is 46.2. The molecule has 8 aromatic carbocycles. The molecule has 348 valence electrons. The summed E-state index contributed by atoms with van der Waals surface area (Å²) < 4.78 is 5.96. The van der Waals surface area contributed by atoms with Gasteiger partial charge in [-0.15, -0.1) is 80.7 Å². The maximum atomic E-state index is 4.80. The fourth-order valence-electron chi connectivity index (χ4n) is 10.3. The van der Waals surface area contributed by atoms with Gasteiger partial charge in [0, 0.05) is 65.7 Å². The Labute approximate surface area is 464 Å². The van der Waals surface area contributed by atoms with Crippen LogP contribution in [0.1, 0.15) is 0 Å². The second-order valence-electron chi connectivity index (χ2n) is 17.8. The van der Waals surface area contributed by atoms with Gasteiger partial charge in [-0.05, 0) is 84.3 Å². The van der Waals surface area contributed by atoms with Gasteiger partial charge in [0.2, 0.25) is 13.4 Å². The van der Waals surface area contributed by atoms with Gasteiger partial charge >= 0.3 is 0 Å². The van der Waals surface area contributed by atoms with Crippen molar-refractivity contribution in [1.29, 1.82) is 0 Å². The van der Waals surface area contributed by atoms with E-state index in [4.69, 9.17) is 10.2 Å². The molecule has 0 aliphatic carbocycles. The first-order valence-electron chi connectivity index (χ1n) is 23.0. The molecule has 13 heteroatoms. The molecule has 0 radical (unpaired) electrons. The smallest absolute Gasteiger partial charge is 0.202 e. The van der Waals surface area contributed by atoms with Crippen molar-refractivity contribution in [3.05, 3.63) is 207 Å². The van der Waals surface area contributed by atoms with Crippen molar-refractivity contribution >= 4 is 93.2 Å². The fraction of sp³-hybridized carbons (Fsp3) is 0.0169. The van der Waals surface area contributed by atoms with Crippen LogP contribution in [0.5, 0.6) is 0 Å². The predicted octanol–water partition coefficient (Wildman–Crippen LogP) is 9.75. The fourth-order valence-corrected chi connectivity index (χ4v) is 15.0. The van der Waals surface area contributed by atoms with Crippen LogP contribution in [-0.2, 0) is 49.2 Å². The van der Waals surface area contributed by atoms with Crippen LogP contribution in [0.2, 0.25) is 0 Å². The summed E-state index contributed by atoms with van der Waals surface area (Å²) in [7, 11) is 2.06. The summed E-state index contributed by atoms with van der Waals surface area (Å²) in [4.78, 5) is 9.93. The molecule has 72 heavy (non-hydrogen) atoms. The van der Waals surface area contributed by atoms with Crippen LogP contribution in [0, 0.1) is 36.5 Å². The van der Waals surface area contributed by atoms with Gasteiger partial charge in [0.15, 0.2) is 0 Å². The van der Waals surface area contributed by atoms with Crippen molar-refractivity contribution in [2.45, 2.75) is 39.2 Å². The second-order valence-corrected chi connectivity index (χ2v) is 22.1. The Balaban J connectivity index is 0.00000252. The number of aryl methyl sites for hydroxylation is 1. The molecule has 0 atom stereocenters. The molecule has 7 heterocycles. The van der Waals surface area contributed by atoms with Crippen LogP contribution in [0.15, 0.2) is 210 Å². The molecule has 0 saturated carbocycles. The number of hydrogen-bond donors (Lipinski definition) is 0. The summed E-state index contributed by atoms with van der Waals surface area (Å²) in [6, 6.07) is 71.3. The molecule has 0 unspecified atom stereocenters. The maximum absolute atomic E-state index is 4.80. The van der Waals surface area contributed by atoms with E-state index in [0.717, 1.165) is 77.9 Å². The normalized spacial score (nSPS) is 13.1. The first-order chi connectivity index (χ1) is 34.5. The zero-order valence-electron chi connectivity index (χ0n) is 37.8. The third kappa shape index (κ3) is 7.60. The van der Waals surface area contributed by atoms with E-state index in [9.17, 15) is 0 Å². The zero-order chi connectivity index (χ0) is 46.0. The third-order valence-corrected chi connectivity index (χ3v) is 18.2. The molecule has 0 bridgehead atoms. The van der Waals surface area contributed by atoms with E-state index >= 15 is 0 Å². The Morgan fingerprint density at radius 1 is 0.403 bits per heavy atom. The van der Waals surface area contributed by atoms with E-state index in [1.54, 1.807) is 0 Å². The van der Waals surface area contributed by atoms with Crippen molar-refractivity contribution in [2.75, 3.05) is 0 Å². The van der Waals surface area contributed by atoms with E-state index < -0.39 is 0 Å². The minimum Gasteiger partial charge on any atom is -0.504 e. The van der Waals surface area contributed by atoms with Gasteiger partial charge in [-0.3, -0.25) is 9.36 Å².